The van der Waals surface area contributed by atoms with Gasteiger partial charge >= 0.3 is 0 Å². The molecule has 0 radical (unpaired) electrons. The summed E-state index contributed by atoms with van der Waals surface area (Å²) >= 11 is 0. The Balaban J connectivity index is 2.81. The van der Waals surface area contributed by atoms with Gasteiger partial charge in [-0.2, -0.15) is 17.0 Å². The second kappa shape index (κ2) is 7.21. The van der Waals surface area contributed by atoms with Crippen LogP contribution in [0.5, 0.6) is 0 Å². The van der Waals surface area contributed by atoms with E-state index in [0.717, 1.165) is 25.7 Å². The predicted molar refractivity (Wildman–Crippen MR) is 77.3 cm³/mol. The summed E-state index contributed by atoms with van der Waals surface area (Å²) in [5.41, 5.74) is 5.34. The van der Waals surface area contributed by atoms with E-state index < -0.39 is 10.2 Å². The van der Waals surface area contributed by atoms with Crippen molar-refractivity contribution in [3.8, 4) is 0 Å². The summed E-state index contributed by atoms with van der Waals surface area (Å²) in [5.74, 6) is 0.0247. The SMILES string of the molecule is CC(C)N(CCC(=N)N)S(=O)(=O)N1CCCCCC1. The lowest BCUT2D eigenvalue weighted by Gasteiger charge is -2.31. The normalized spacial score (nSPS) is 18.7. The molecule has 19 heavy (non-hydrogen) atoms. The van der Waals surface area contributed by atoms with E-state index in [2.05, 4.69) is 0 Å². The predicted octanol–water partition coefficient (Wildman–Crippen LogP) is 1.14. The van der Waals surface area contributed by atoms with Crippen molar-refractivity contribution in [2.24, 2.45) is 5.73 Å². The number of nitrogens with two attached hydrogens (primary N) is 1. The van der Waals surface area contributed by atoms with Crippen LogP contribution in [-0.2, 0) is 10.2 Å². The first-order valence-electron chi connectivity index (χ1n) is 6.95. The van der Waals surface area contributed by atoms with Crippen LogP contribution in [0.25, 0.3) is 0 Å². The molecule has 1 heterocycles. The molecule has 0 bridgehead atoms. The fraction of sp³-hybridized carbons (Fsp3) is 0.917. The average Bonchev–Trinajstić information content (AvgIpc) is 2.56. The van der Waals surface area contributed by atoms with Gasteiger partial charge in [-0.3, -0.25) is 5.41 Å². The Morgan fingerprint density at radius 3 is 2.21 bits per heavy atom. The number of nitrogens with one attached hydrogen (secondary N) is 1. The average molecular weight is 290 g/mol. The molecule has 1 aliphatic heterocycles. The third-order valence-corrected chi connectivity index (χ3v) is 5.58. The van der Waals surface area contributed by atoms with Gasteiger partial charge in [0, 0.05) is 32.1 Å². The van der Waals surface area contributed by atoms with Gasteiger partial charge in [0.15, 0.2) is 0 Å². The highest BCUT2D eigenvalue weighted by Gasteiger charge is 2.31. The molecule has 0 aromatic rings. The Morgan fingerprint density at radius 2 is 1.79 bits per heavy atom. The molecule has 7 heteroatoms. The number of rotatable bonds is 6. The van der Waals surface area contributed by atoms with E-state index in [0.29, 0.717) is 13.1 Å². The van der Waals surface area contributed by atoms with E-state index in [-0.39, 0.29) is 24.8 Å². The van der Waals surface area contributed by atoms with Crippen molar-refractivity contribution >= 4 is 16.0 Å². The molecule has 6 nitrogen and oxygen atoms in total. The zero-order valence-corrected chi connectivity index (χ0v) is 12.7. The minimum absolute atomic E-state index is 0.0247. The van der Waals surface area contributed by atoms with Crippen molar-refractivity contribution in [2.45, 2.75) is 52.0 Å². The number of hydrogen-bond donors (Lipinski definition) is 2. The first kappa shape index (κ1) is 16.4. The maximum atomic E-state index is 12.6. The molecule has 0 spiro atoms. The van der Waals surface area contributed by atoms with Gasteiger partial charge in [0.05, 0.1) is 5.84 Å². The van der Waals surface area contributed by atoms with E-state index in [1.54, 1.807) is 4.31 Å². The van der Waals surface area contributed by atoms with Gasteiger partial charge in [0.25, 0.3) is 10.2 Å². The van der Waals surface area contributed by atoms with Gasteiger partial charge in [-0.15, -0.1) is 0 Å². The zero-order chi connectivity index (χ0) is 14.5. The van der Waals surface area contributed by atoms with E-state index in [1.807, 2.05) is 13.8 Å². The monoisotopic (exact) mass is 290 g/mol. The Bertz CT molecular complexity index is 387. The molecular formula is C12H26N4O2S. The van der Waals surface area contributed by atoms with Crippen LogP contribution in [0.4, 0.5) is 0 Å². The first-order valence-corrected chi connectivity index (χ1v) is 8.35. The molecule has 0 atom stereocenters. The lowest BCUT2D eigenvalue weighted by Crippen LogP contribution is -2.48. The largest absolute Gasteiger partial charge is 0.388 e. The van der Waals surface area contributed by atoms with Gasteiger partial charge in [-0.1, -0.05) is 12.8 Å². The summed E-state index contributed by atoms with van der Waals surface area (Å²) in [6.45, 7) is 5.20. The van der Waals surface area contributed by atoms with Gasteiger partial charge in [0.1, 0.15) is 0 Å². The van der Waals surface area contributed by atoms with Crippen LogP contribution in [0.2, 0.25) is 0 Å². The fourth-order valence-electron chi connectivity index (χ4n) is 2.29. The van der Waals surface area contributed by atoms with Crippen molar-refractivity contribution in [3.63, 3.8) is 0 Å². The van der Waals surface area contributed by atoms with Crippen LogP contribution in [0.1, 0.15) is 46.0 Å². The molecule has 0 unspecified atom stereocenters. The second-order valence-electron chi connectivity index (χ2n) is 5.30. The van der Waals surface area contributed by atoms with E-state index in [9.17, 15) is 8.42 Å². The lowest BCUT2D eigenvalue weighted by molar-refractivity contribution is 0.310. The van der Waals surface area contributed by atoms with Gasteiger partial charge in [0.2, 0.25) is 0 Å². The van der Waals surface area contributed by atoms with E-state index in [4.69, 9.17) is 11.1 Å². The third-order valence-electron chi connectivity index (χ3n) is 3.37. The standard InChI is InChI=1S/C12H26N4O2S/c1-11(2)16(10-7-12(13)14)19(17,18)15-8-5-3-4-6-9-15/h11H,3-10H2,1-2H3,(H3,13,14). The number of hydrogen-bond acceptors (Lipinski definition) is 3. The molecule has 0 aromatic heterocycles. The van der Waals surface area contributed by atoms with Crippen LogP contribution in [0.3, 0.4) is 0 Å². The van der Waals surface area contributed by atoms with E-state index >= 15 is 0 Å². The topological polar surface area (TPSA) is 90.5 Å². The maximum Gasteiger partial charge on any atom is 0.282 e. The molecular weight excluding hydrogens is 264 g/mol. The molecule has 112 valence electrons. The lowest BCUT2D eigenvalue weighted by atomic mass is 10.2. The Morgan fingerprint density at radius 1 is 1.26 bits per heavy atom. The van der Waals surface area contributed by atoms with Gasteiger partial charge in [-0.05, 0) is 26.7 Å². The summed E-state index contributed by atoms with van der Waals surface area (Å²) in [4.78, 5) is 0. The van der Waals surface area contributed by atoms with Gasteiger partial charge in [-0.25, -0.2) is 0 Å². The highest BCUT2D eigenvalue weighted by molar-refractivity contribution is 7.86. The van der Waals surface area contributed by atoms with Crippen molar-refractivity contribution in [2.75, 3.05) is 19.6 Å². The maximum absolute atomic E-state index is 12.6. The fourth-order valence-corrected chi connectivity index (χ4v) is 4.16. The smallest absolute Gasteiger partial charge is 0.282 e. The molecule has 0 aliphatic carbocycles. The molecule has 1 fully saturated rings. The molecule has 0 aromatic carbocycles. The molecule has 1 aliphatic rings. The minimum Gasteiger partial charge on any atom is -0.388 e. The van der Waals surface area contributed by atoms with Crippen LogP contribution < -0.4 is 5.73 Å². The molecule has 0 saturated carbocycles. The summed E-state index contributed by atoms with van der Waals surface area (Å²) in [6, 6.07) is -0.118. The Hall–Kier alpha value is -0.660. The van der Waals surface area contributed by atoms with Crippen LogP contribution in [0.15, 0.2) is 0 Å². The summed E-state index contributed by atoms with van der Waals surface area (Å²) in [7, 11) is -3.43. The highest BCUT2D eigenvalue weighted by atomic mass is 32.2. The van der Waals surface area contributed by atoms with Crippen LogP contribution in [0, 0.1) is 5.41 Å². The zero-order valence-electron chi connectivity index (χ0n) is 11.9. The number of amidine groups is 1. The highest BCUT2D eigenvalue weighted by Crippen LogP contribution is 2.18. The quantitative estimate of drug-likeness (QED) is 0.568. The third kappa shape index (κ3) is 4.74. The Labute approximate surface area is 116 Å². The summed E-state index contributed by atoms with van der Waals surface area (Å²) in [6.07, 6.45) is 4.34. The molecule has 1 rings (SSSR count). The van der Waals surface area contributed by atoms with Gasteiger partial charge < -0.3 is 5.73 Å². The molecule has 0 amide bonds. The minimum atomic E-state index is -3.43. The summed E-state index contributed by atoms with van der Waals surface area (Å²) < 4.78 is 28.3. The Kier molecular flexibility index (Phi) is 6.22. The van der Waals surface area contributed by atoms with Crippen molar-refractivity contribution in [3.05, 3.63) is 0 Å². The van der Waals surface area contributed by atoms with Crippen molar-refractivity contribution < 1.29 is 8.42 Å². The van der Waals surface area contributed by atoms with E-state index in [1.165, 1.54) is 4.31 Å². The van der Waals surface area contributed by atoms with Crippen molar-refractivity contribution in [1.82, 2.24) is 8.61 Å². The number of nitrogens with zero attached hydrogens (tertiary/aromatic N) is 2. The van der Waals surface area contributed by atoms with Crippen molar-refractivity contribution in [1.29, 1.82) is 5.41 Å². The van der Waals surface area contributed by atoms with Crippen LogP contribution in [-0.4, -0.2) is 48.5 Å². The second-order valence-corrected chi connectivity index (χ2v) is 7.18. The molecule has 1 saturated heterocycles. The summed E-state index contributed by atoms with van der Waals surface area (Å²) in [5, 5.41) is 7.26. The first-order chi connectivity index (χ1) is 8.85. The van der Waals surface area contributed by atoms with Crippen LogP contribution >= 0.6 is 0 Å². The molecule has 3 N–H and O–H groups in total.